The van der Waals surface area contributed by atoms with E-state index in [2.05, 4.69) is 0 Å². The molecule has 0 radical (unpaired) electrons. The van der Waals surface area contributed by atoms with Crippen molar-refractivity contribution in [1.82, 2.24) is 0 Å². The van der Waals surface area contributed by atoms with Crippen LogP contribution in [0.5, 0.6) is 0 Å². The molecule has 0 fully saturated rings. The Balaban J connectivity index is 2.86. The maximum Gasteiger partial charge on any atom is 0.152 e. The zero-order valence-electron chi connectivity index (χ0n) is 7.41. The molecule has 1 aromatic heterocycles. The Bertz CT molecular complexity index is 490. The summed E-state index contributed by atoms with van der Waals surface area (Å²) >= 11 is 9.20. The van der Waals surface area contributed by atoms with Crippen LogP contribution in [0.4, 0.5) is 0 Å². The number of fused-ring (bicyclic) bond motifs is 1. The normalized spacial score (nSPS) is 10.7. The minimum atomic E-state index is 0.718. The number of thioether (sulfide) groups is 1. The van der Waals surface area contributed by atoms with Gasteiger partial charge in [0.25, 0.3) is 0 Å². The first kappa shape index (κ1) is 10.0. The van der Waals surface area contributed by atoms with Crippen molar-refractivity contribution in [3.05, 3.63) is 28.8 Å². The molecule has 0 aliphatic rings. The van der Waals surface area contributed by atoms with Crippen LogP contribution >= 0.6 is 34.7 Å². The van der Waals surface area contributed by atoms with Crippen LogP contribution < -0.4 is 0 Å². The van der Waals surface area contributed by atoms with Gasteiger partial charge in [-0.3, -0.25) is 4.79 Å². The number of hydrogen-bond donors (Lipinski definition) is 0. The van der Waals surface area contributed by atoms with Crippen molar-refractivity contribution in [2.75, 3.05) is 6.26 Å². The number of benzene rings is 1. The van der Waals surface area contributed by atoms with Gasteiger partial charge in [0.1, 0.15) is 0 Å². The minimum Gasteiger partial charge on any atom is -0.298 e. The lowest BCUT2D eigenvalue weighted by atomic mass is 10.2. The van der Waals surface area contributed by atoms with E-state index in [1.807, 2.05) is 24.5 Å². The molecule has 0 N–H and O–H groups in total. The molecular formula is C10H7ClOS2. The molecule has 0 atom stereocenters. The summed E-state index contributed by atoms with van der Waals surface area (Å²) in [5.74, 6) is 0. The standard InChI is InChI=1S/C10H7ClOS2/c1-13-10-7(5-12)6-3-2-4-8(11)9(6)14-10/h2-5H,1H3. The molecular weight excluding hydrogens is 236 g/mol. The van der Waals surface area contributed by atoms with Gasteiger partial charge in [-0.25, -0.2) is 0 Å². The Hall–Kier alpha value is -0.510. The number of carbonyl (C=O) groups excluding carboxylic acids is 1. The second-order valence-electron chi connectivity index (χ2n) is 2.74. The molecule has 0 unspecified atom stereocenters. The monoisotopic (exact) mass is 242 g/mol. The SMILES string of the molecule is CSc1sc2c(Cl)cccc2c1C=O. The predicted octanol–water partition coefficient (Wildman–Crippen LogP) is 4.09. The molecule has 4 heteroatoms. The summed E-state index contributed by atoms with van der Waals surface area (Å²) in [7, 11) is 0. The topological polar surface area (TPSA) is 17.1 Å². The Morgan fingerprint density at radius 2 is 2.29 bits per heavy atom. The third-order valence-corrected chi connectivity index (χ3v) is 4.79. The zero-order chi connectivity index (χ0) is 10.1. The third kappa shape index (κ3) is 1.45. The zero-order valence-corrected chi connectivity index (χ0v) is 9.80. The molecule has 0 amide bonds. The highest BCUT2D eigenvalue weighted by Gasteiger charge is 2.12. The summed E-state index contributed by atoms with van der Waals surface area (Å²) in [6.07, 6.45) is 2.87. The van der Waals surface area contributed by atoms with E-state index in [0.29, 0.717) is 0 Å². The van der Waals surface area contributed by atoms with Gasteiger partial charge in [0, 0.05) is 10.9 Å². The van der Waals surface area contributed by atoms with Crippen LogP contribution in [0.25, 0.3) is 10.1 Å². The fourth-order valence-corrected chi connectivity index (χ4v) is 3.50. The van der Waals surface area contributed by atoms with E-state index in [-0.39, 0.29) is 0 Å². The number of carbonyl (C=O) groups is 1. The van der Waals surface area contributed by atoms with Crippen LogP contribution in [0.3, 0.4) is 0 Å². The van der Waals surface area contributed by atoms with Gasteiger partial charge in [-0.1, -0.05) is 23.7 Å². The van der Waals surface area contributed by atoms with E-state index in [4.69, 9.17) is 11.6 Å². The maximum atomic E-state index is 10.9. The number of rotatable bonds is 2. The first-order valence-electron chi connectivity index (χ1n) is 3.98. The van der Waals surface area contributed by atoms with Gasteiger partial charge in [-0.15, -0.1) is 23.1 Å². The van der Waals surface area contributed by atoms with Gasteiger partial charge in [-0.05, 0) is 12.3 Å². The number of thiophene rings is 1. The summed E-state index contributed by atoms with van der Waals surface area (Å²) in [6, 6.07) is 5.65. The predicted molar refractivity (Wildman–Crippen MR) is 64.0 cm³/mol. The van der Waals surface area contributed by atoms with Crippen molar-refractivity contribution in [3.8, 4) is 0 Å². The van der Waals surface area contributed by atoms with Crippen molar-refractivity contribution in [2.24, 2.45) is 0 Å². The molecule has 1 nitrogen and oxygen atoms in total. The van der Waals surface area contributed by atoms with Crippen LogP contribution in [0.2, 0.25) is 5.02 Å². The molecule has 2 rings (SSSR count). The molecule has 14 heavy (non-hydrogen) atoms. The lowest BCUT2D eigenvalue weighted by molar-refractivity contribution is 0.112. The molecule has 0 aliphatic heterocycles. The Morgan fingerprint density at radius 3 is 2.93 bits per heavy atom. The molecule has 0 spiro atoms. The number of hydrogen-bond acceptors (Lipinski definition) is 3. The second kappa shape index (κ2) is 3.93. The molecule has 0 saturated carbocycles. The smallest absolute Gasteiger partial charge is 0.152 e. The summed E-state index contributed by atoms with van der Waals surface area (Å²) in [5, 5.41) is 1.68. The average Bonchev–Trinajstić information content (AvgIpc) is 2.57. The Kier molecular flexibility index (Phi) is 2.81. The molecule has 1 heterocycles. The summed E-state index contributed by atoms with van der Waals surface area (Å²) in [4.78, 5) is 10.9. The molecule has 72 valence electrons. The van der Waals surface area contributed by atoms with Crippen molar-refractivity contribution >= 4 is 51.1 Å². The first-order chi connectivity index (χ1) is 6.77. The van der Waals surface area contributed by atoms with E-state index in [9.17, 15) is 4.79 Å². The second-order valence-corrected chi connectivity index (χ2v) is 5.24. The van der Waals surface area contributed by atoms with E-state index in [1.54, 1.807) is 23.1 Å². The fourth-order valence-electron chi connectivity index (χ4n) is 1.35. The Labute approximate surface area is 95.1 Å². The first-order valence-corrected chi connectivity index (χ1v) is 6.40. The minimum absolute atomic E-state index is 0.718. The summed E-state index contributed by atoms with van der Waals surface area (Å²) < 4.78 is 2.03. The summed E-state index contributed by atoms with van der Waals surface area (Å²) in [5.41, 5.74) is 0.764. The highest BCUT2D eigenvalue weighted by atomic mass is 35.5. The van der Waals surface area contributed by atoms with Gasteiger partial charge in [0.2, 0.25) is 0 Å². The van der Waals surface area contributed by atoms with Gasteiger partial charge in [0.05, 0.1) is 13.9 Å². The third-order valence-electron chi connectivity index (χ3n) is 1.98. The van der Waals surface area contributed by atoms with Gasteiger partial charge in [-0.2, -0.15) is 0 Å². The number of aldehydes is 1. The van der Waals surface area contributed by atoms with Crippen LogP contribution in [-0.4, -0.2) is 12.5 Å². The number of halogens is 1. The van der Waals surface area contributed by atoms with Crippen molar-refractivity contribution in [2.45, 2.75) is 4.21 Å². The van der Waals surface area contributed by atoms with E-state index < -0.39 is 0 Å². The molecule has 0 aliphatic carbocycles. The Morgan fingerprint density at radius 1 is 1.50 bits per heavy atom. The largest absolute Gasteiger partial charge is 0.298 e. The highest BCUT2D eigenvalue weighted by Crippen LogP contribution is 2.39. The quantitative estimate of drug-likeness (QED) is 0.583. The van der Waals surface area contributed by atoms with E-state index in [1.165, 1.54) is 0 Å². The maximum absolute atomic E-state index is 10.9. The average molecular weight is 243 g/mol. The van der Waals surface area contributed by atoms with Crippen molar-refractivity contribution < 1.29 is 4.79 Å². The summed E-state index contributed by atoms with van der Waals surface area (Å²) in [6.45, 7) is 0. The molecule has 1 aromatic carbocycles. The van der Waals surface area contributed by atoms with Gasteiger partial charge in [0.15, 0.2) is 6.29 Å². The van der Waals surface area contributed by atoms with Crippen LogP contribution in [0.15, 0.2) is 22.4 Å². The van der Waals surface area contributed by atoms with Crippen LogP contribution in [0, 0.1) is 0 Å². The van der Waals surface area contributed by atoms with Crippen molar-refractivity contribution in [1.29, 1.82) is 0 Å². The lowest BCUT2D eigenvalue weighted by Crippen LogP contribution is -1.77. The molecule has 0 bridgehead atoms. The van der Waals surface area contributed by atoms with Crippen LogP contribution in [0.1, 0.15) is 10.4 Å². The lowest BCUT2D eigenvalue weighted by Gasteiger charge is -1.92. The van der Waals surface area contributed by atoms with Crippen molar-refractivity contribution in [3.63, 3.8) is 0 Å². The highest BCUT2D eigenvalue weighted by molar-refractivity contribution is 8.00. The van der Waals surface area contributed by atoms with E-state index in [0.717, 1.165) is 31.2 Å². The van der Waals surface area contributed by atoms with Gasteiger partial charge >= 0.3 is 0 Å². The molecule has 2 aromatic rings. The fraction of sp³-hybridized carbons (Fsp3) is 0.100. The van der Waals surface area contributed by atoms with Gasteiger partial charge < -0.3 is 0 Å². The molecule has 0 saturated heterocycles. The van der Waals surface area contributed by atoms with E-state index >= 15 is 0 Å². The van der Waals surface area contributed by atoms with Crippen LogP contribution in [-0.2, 0) is 0 Å².